The molecule has 0 atom stereocenters. The van der Waals surface area contributed by atoms with Gasteiger partial charge in [-0.1, -0.05) is 45.6 Å². The highest BCUT2D eigenvalue weighted by Gasteiger charge is 1.88. The summed E-state index contributed by atoms with van der Waals surface area (Å²) < 4.78 is 19.4. The molecule has 0 aliphatic rings. The third-order valence-corrected chi connectivity index (χ3v) is 4.05. The summed E-state index contributed by atoms with van der Waals surface area (Å²) in [7, 11) is 6.85. The Morgan fingerprint density at radius 3 is 1.40 bits per heavy atom. The number of nitrogens with two attached hydrogens (primary N) is 2. The van der Waals surface area contributed by atoms with Crippen molar-refractivity contribution < 1.29 is 49.4 Å². The van der Waals surface area contributed by atoms with Crippen LogP contribution in [0.1, 0.15) is 58.8 Å². The predicted octanol–water partition coefficient (Wildman–Crippen LogP) is -1.52. The standard InChI is InChI=1S/C7H14O2.2C6H15NO2.C6H10O2/c1-2-3-4-5-6-7(8)9;2*1-8-5-3-7-4-6-9-2;1-2-3-4-5-6(7)8/h2-6H2,1H3,(H,8,9);2*7H,3-6H2,1-2H3;4-5H,2-3H2,1H3,(H,7,8). The maximum absolute atomic E-state index is 9.85. The lowest BCUT2D eigenvalue weighted by molar-refractivity contribution is -0.657. The summed E-state index contributed by atoms with van der Waals surface area (Å²) in [5.41, 5.74) is 0. The van der Waals surface area contributed by atoms with E-state index in [1.807, 2.05) is 6.92 Å². The molecule has 35 heavy (non-hydrogen) atoms. The minimum atomic E-state index is -1.11. The lowest BCUT2D eigenvalue weighted by atomic mass is 10.2. The Bertz CT molecular complexity index is 398. The Labute approximate surface area is 213 Å². The van der Waals surface area contributed by atoms with Crippen LogP contribution in [0.25, 0.3) is 0 Å². The first-order valence-electron chi connectivity index (χ1n) is 12.5. The molecule has 4 N–H and O–H groups in total. The highest BCUT2D eigenvalue weighted by Crippen LogP contribution is 2.00. The average Bonchev–Trinajstić information content (AvgIpc) is 2.83. The van der Waals surface area contributed by atoms with Crippen LogP contribution in [0.3, 0.4) is 0 Å². The van der Waals surface area contributed by atoms with Crippen LogP contribution in [0.5, 0.6) is 0 Å². The molecule has 0 unspecified atom stereocenters. The summed E-state index contributed by atoms with van der Waals surface area (Å²) in [6.45, 7) is 11.5. The Kier molecular flexibility index (Phi) is 49.4. The first-order chi connectivity index (χ1) is 16.9. The number of carboxylic acid groups (broad SMARTS) is 2. The van der Waals surface area contributed by atoms with Crippen LogP contribution < -0.4 is 20.8 Å². The van der Waals surface area contributed by atoms with Gasteiger partial charge in [0.2, 0.25) is 0 Å². The highest BCUT2D eigenvalue weighted by molar-refractivity contribution is 5.77. The molecule has 0 aromatic heterocycles. The smallest absolute Gasteiger partial charge is 0.0993 e. The van der Waals surface area contributed by atoms with E-state index in [4.69, 9.17) is 18.9 Å². The van der Waals surface area contributed by atoms with Crippen LogP contribution in [-0.2, 0) is 28.5 Å². The van der Waals surface area contributed by atoms with E-state index in [1.54, 1.807) is 34.5 Å². The molecule has 0 aromatic carbocycles. The topological polar surface area (TPSA) is 150 Å². The van der Waals surface area contributed by atoms with Crippen molar-refractivity contribution in [2.45, 2.75) is 58.8 Å². The number of carbonyl (C=O) groups is 2. The molecule has 10 nitrogen and oxygen atoms in total. The van der Waals surface area contributed by atoms with Gasteiger partial charge in [-0.2, -0.15) is 0 Å². The second-order valence-corrected chi connectivity index (χ2v) is 7.40. The fourth-order valence-corrected chi connectivity index (χ4v) is 2.14. The summed E-state index contributed by atoms with van der Waals surface area (Å²) in [5, 5.41) is 23.9. The number of unbranched alkanes of at least 4 members (excludes halogenated alkanes) is 4. The van der Waals surface area contributed by atoms with Crippen LogP contribution in [0.4, 0.5) is 0 Å². The average molecular weight is 511 g/mol. The molecule has 0 aromatic rings. The number of aliphatic carboxylic acids is 2. The molecule has 0 spiro atoms. The Morgan fingerprint density at radius 1 is 0.686 bits per heavy atom. The summed E-state index contributed by atoms with van der Waals surface area (Å²) in [6.07, 6.45) is 8.73. The summed E-state index contributed by atoms with van der Waals surface area (Å²) in [5.74, 6) is -2.04. The van der Waals surface area contributed by atoms with Gasteiger partial charge in [-0.3, -0.25) is 0 Å². The number of carbonyl (C=O) groups excluding carboxylic acids is 2. The first kappa shape index (κ1) is 40.6. The first-order valence-corrected chi connectivity index (χ1v) is 12.5. The molecule has 0 aliphatic carbocycles. The number of ether oxygens (including phenoxy) is 4. The zero-order valence-electron chi connectivity index (χ0n) is 23.2. The van der Waals surface area contributed by atoms with Crippen molar-refractivity contribution in [1.82, 2.24) is 0 Å². The molecule has 0 radical (unpaired) electrons. The van der Waals surface area contributed by atoms with Crippen molar-refractivity contribution in [3.05, 3.63) is 12.2 Å². The van der Waals surface area contributed by atoms with Gasteiger partial charge in [-0.25, -0.2) is 0 Å². The quantitative estimate of drug-likeness (QED) is 0.148. The van der Waals surface area contributed by atoms with E-state index < -0.39 is 11.9 Å². The van der Waals surface area contributed by atoms with Crippen LogP contribution >= 0.6 is 0 Å². The normalized spacial score (nSPS) is 9.89. The largest absolute Gasteiger partial charge is 0.550 e. The van der Waals surface area contributed by atoms with Gasteiger partial charge < -0.3 is 49.4 Å². The number of carboxylic acids is 2. The Morgan fingerprint density at radius 2 is 1.11 bits per heavy atom. The second kappa shape index (κ2) is 42.6. The monoisotopic (exact) mass is 510 g/mol. The van der Waals surface area contributed by atoms with Crippen LogP contribution in [-0.4, -0.2) is 93.0 Å². The number of methoxy groups -OCH3 is 4. The van der Waals surface area contributed by atoms with Crippen molar-refractivity contribution in [3.63, 3.8) is 0 Å². The highest BCUT2D eigenvalue weighted by atomic mass is 16.5. The maximum Gasteiger partial charge on any atom is 0.0993 e. The van der Waals surface area contributed by atoms with Gasteiger partial charge in [-0.15, -0.1) is 0 Å². The van der Waals surface area contributed by atoms with Crippen molar-refractivity contribution in [2.75, 3.05) is 81.0 Å². The van der Waals surface area contributed by atoms with Gasteiger partial charge in [0.25, 0.3) is 0 Å². The molecule has 0 aliphatic heterocycles. The fraction of sp³-hybridized carbons (Fsp3) is 0.840. The van der Waals surface area contributed by atoms with E-state index in [0.29, 0.717) is 0 Å². The van der Waals surface area contributed by atoms with Crippen molar-refractivity contribution in [3.8, 4) is 0 Å². The van der Waals surface area contributed by atoms with Crippen LogP contribution in [0, 0.1) is 0 Å². The molecule has 212 valence electrons. The van der Waals surface area contributed by atoms with Crippen molar-refractivity contribution in [1.29, 1.82) is 0 Å². The van der Waals surface area contributed by atoms with Gasteiger partial charge in [0.15, 0.2) is 0 Å². The summed E-state index contributed by atoms with van der Waals surface area (Å²) >= 11 is 0. The number of rotatable bonds is 20. The Balaban J connectivity index is -0.000000183. The minimum Gasteiger partial charge on any atom is -0.550 e. The van der Waals surface area contributed by atoms with E-state index in [9.17, 15) is 19.8 Å². The van der Waals surface area contributed by atoms with E-state index in [1.165, 1.54) is 0 Å². The second-order valence-electron chi connectivity index (χ2n) is 7.40. The lowest BCUT2D eigenvalue weighted by Gasteiger charge is -1.99. The van der Waals surface area contributed by atoms with E-state index in [0.717, 1.165) is 97.2 Å². The van der Waals surface area contributed by atoms with E-state index in [-0.39, 0.29) is 6.42 Å². The van der Waals surface area contributed by atoms with Crippen LogP contribution in [0.15, 0.2) is 12.2 Å². The van der Waals surface area contributed by atoms with Crippen molar-refractivity contribution in [2.24, 2.45) is 0 Å². The van der Waals surface area contributed by atoms with Crippen molar-refractivity contribution >= 4 is 11.9 Å². The SMILES string of the molecule is CCCC=CC(=O)[O-].CCCCCCC(=O)[O-].COCC[NH2+]CCOC.COCC[NH2+]CCOC. The number of hydrogen-bond acceptors (Lipinski definition) is 8. The molecule has 10 heteroatoms. The zero-order chi connectivity index (χ0) is 27.4. The summed E-state index contributed by atoms with van der Waals surface area (Å²) in [4.78, 5) is 19.5. The molecule has 0 amide bonds. The fourth-order valence-electron chi connectivity index (χ4n) is 2.14. The molecule has 0 saturated carbocycles. The third kappa shape index (κ3) is 65.4. The van der Waals surface area contributed by atoms with Gasteiger partial charge >= 0.3 is 0 Å². The molecule has 0 bridgehead atoms. The van der Waals surface area contributed by atoms with E-state index >= 15 is 0 Å². The zero-order valence-corrected chi connectivity index (χ0v) is 23.2. The van der Waals surface area contributed by atoms with E-state index in [2.05, 4.69) is 17.6 Å². The summed E-state index contributed by atoms with van der Waals surface area (Å²) in [6, 6.07) is 0. The minimum absolute atomic E-state index is 0.222. The molecular formula is C25H54N2O8. The Hall–Kier alpha value is -1.56. The molecular weight excluding hydrogens is 456 g/mol. The molecule has 0 heterocycles. The predicted molar refractivity (Wildman–Crippen MR) is 134 cm³/mol. The van der Waals surface area contributed by atoms with Gasteiger partial charge in [0.05, 0.1) is 58.6 Å². The van der Waals surface area contributed by atoms with Gasteiger partial charge in [0, 0.05) is 34.4 Å². The third-order valence-electron chi connectivity index (χ3n) is 4.05. The number of hydrogen-bond donors (Lipinski definition) is 2. The lowest BCUT2D eigenvalue weighted by Crippen LogP contribution is -2.86. The van der Waals surface area contributed by atoms with Gasteiger partial charge in [0.1, 0.15) is 0 Å². The van der Waals surface area contributed by atoms with Crippen LogP contribution in [0.2, 0.25) is 0 Å². The number of allylic oxidation sites excluding steroid dienone is 1. The molecule has 0 fully saturated rings. The molecule has 0 saturated heterocycles. The molecule has 0 rings (SSSR count). The maximum atomic E-state index is 9.85. The van der Waals surface area contributed by atoms with Gasteiger partial charge in [-0.05, 0) is 25.3 Å². The number of quaternary nitrogens is 2.